The first-order valence-electron chi connectivity index (χ1n) is 20.7. The van der Waals surface area contributed by atoms with Gasteiger partial charge in [-0.3, -0.25) is 0 Å². The fraction of sp³-hybridized carbons (Fsp3) is 0.0345. The van der Waals surface area contributed by atoms with E-state index in [1.165, 1.54) is 76.8 Å². The monoisotopic (exact) mass is 781 g/mol. The van der Waals surface area contributed by atoms with E-state index in [-0.39, 0.29) is 0 Å². The first kappa shape index (κ1) is 34.8. The van der Waals surface area contributed by atoms with Gasteiger partial charge >= 0.3 is 0 Å². The van der Waals surface area contributed by atoms with E-state index in [1.54, 1.807) is 11.3 Å². The van der Waals surface area contributed by atoms with Crippen LogP contribution in [-0.2, 0) is 10.8 Å². The summed E-state index contributed by atoms with van der Waals surface area (Å²) < 4.78 is 1.28. The van der Waals surface area contributed by atoms with Crippen molar-refractivity contribution < 1.29 is 0 Å². The quantitative estimate of drug-likeness (QED) is 0.156. The number of rotatable bonds is 7. The van der Waals surface area contributed by atoms with E-state index in [4.69, 9.17) is 0 Å². The molecule has 1 aromatic heterocycles. The maximum absolute atomic E-state index is 2.49. The van der Waals surface area contributed by atoms with Gasteiger partial charge in [0, 0.05) is 21.8 Å². The van der Waals surface area contributed by atoms with Crippen LogP contribution in [0, 0.1) is 0 Å². The number of benzene rings is 9. The summed E-state index contributed by atoms with van der Waals surface area (Å²) in [6.45, 7) is 0. The molecular formula is C58H39NS. The normalized spacial score (nSPS) is 13.9. The van der Waals surface area contributed by atoms with Gasteiger partial charge in [0.2, 0.25) is 0 Å². The van der Waals surface area contributed by atoms with Crippen LogP contribution < -0.4 is 4.90 Å². The summed E-state index contributed by atoms with van der Waals surface area (Å²) in [7, 11) is 0. The molecular weight excluding hydrogens is 743 g/mol. The lowest BCUT2D eigenvalue weighted by atomic mass is 9.67. The van der Waals surface area contributed by atoms with Gasteiger partial charge in [-0.05, 0) is 126 Å². The van der Waals surface area contributed by atoms with Crippen molar-refractivity contribution in [2.24, 2.45) is 0 Å². The van der Waals surface area contributed by atoms with E-state index >= 15 is 0 Å². The number of nitrogens with zero attached hydrogens (tertiary/aromatic N) is 1. The smallest absolute Gasteiger partial charge is 0.0714 e. The summed E-state index contributed by atoms with van der Waals surface area (Å²) in [5, 5.41) is 3.44. The number of hydrogen-bond donors (Lipinski definition) is 0. The Balaban J connectivity index is 1.15. The highest BCUT2D eigenvalue weighted by Gasteiger charge is 2.48. The number of thiophene rings is 1. The van der Waals surface area contributed by atoms with E-state index in [1.807, 2.05) is 0 Å². The first-order valence-corrected chi connectivity index (χ1v) is 21.6. The SMILES string of the molecule is c1ccc(C2(c3ccccc3)c3ccccc3-c3ccc(N(c4ccc5c(c4)C(c4ccccc4)(c4ccccc4)c4ccccc4-5)c4ccc5sccc5c4)cc32)cc1. The lowest BCUT2D eigenvalue weighted by Crippen LogP contribution is -2.29. The first-order chi connectivity index (χ1) is 29.8. The third kappa shape index (κ3) is 4.92. The lowest BCUT2D eigenvalue weighted by Gasteiger charge is -2.36. The maximum Gasteiger partial charge on any atom is 0.0714 e. The molecule has 2 heteroatoms. The van der Waals surface area contributed by atoms with Crippen molar-refractivity contribution in [1.29, 1.82) is 0 Å². The molecule has 0 bridgehead atoms. The molecule has 0 N–H and O–H groups in total. The molecule has 2 aliphatic carbocycles. The van der Waals surface area contributed by atoms with Crippen LogP contribution in [0.25, 0.3) is 32.3 Å². The molecule has 0 fully saturated rings. The van der Waals surface area contributed by atoms with Crippen molar-refractivity contribution in [3.8, 4) is 22.3 Å². The topological polar surface area (TPSA) is 3.24 Å². The zero-order valence-corrected chi connectivity index (χ0v) is 33.7. The second kappa shape index (κ2) is 13.7. The summed E-state index contributed by atoms with van der Waals surface area (Å²) >= 11 is 1.79. The number of hydrogen-bond acceptors (Lipinski definition) is 2. The van der Waals surface area contributed by atoms with Gasteiger partial charge in [0.1, 0.15) is 0 Å². The van der Waals surface area contributed by atoms with Crippen molar-refractivity contribution in [2.75, 3.05) is 4.90 Å². The molecule has 2 aliphatic rings. The van der Waals surface area contributed by atoms with Crippen molar-refractivity contribution in [2.45, 2.75) is 10.8 Å². The number of anilines is 3. The Kier molecular flexibility index (Phi) is 7.91. The molecule has 0 saturated heterocycles. The molecule has 9 aromatic carbocycles. The Morgan fingerprint density at radius 2 is 0.667 bits per heavy atom. The molecule has 1 nitrogen and oxygen atoms in total. The minimum Gasteiger partial charge on any atom is -0.310 e. The van der Waals surface area contributed by atoms with Gasteiger partial charge in [-0.1, -0.05) is 182 Å². The van der Waals surface area contributed by atoms with Crippen LogP contribution in [0.5, 0.6) is 0 Å². The van der Waals surface area contributed by atoms with Crippen molar-refractivity contribution in [1.82, 2.24) is 0 Å². The fourth-order valence-electron chi connectivity index (χ4n) is 10.7. The molecule has 0 atom stereocenters. The minimum atomic E-state index is -0.511. The van der Waals surface area contributed by atoms with Gasteiger partial charge in [0.05, 0.1) is 10.8 Å². The molecule has 10 aromatic rings. The van der Waals surface area contributed by atoms with E-state index < -0.39 is 10.8 Å². The van der Waals surface area contributed by atoms with Crippen molar-refractivity contribution in [3.05, 3.63) is 280 Å². The average molecular weight is 782 g/mol. The van der Waals surface area contributed by atoms with Crippen molar-refractivity contribution in [3.63, 3.8) is 0 Å². The fourth-order valence-corrected chi connectivity index (χ4v) is 11.5. The van der Waals surface area contributed by atoms with Gasteiger partial charge in [0.25, 0.3) is 0 Å². The van der Waals surface area contributed by atoms with Crippen LogP contribution in [0.4, 0.5) is 17.1 Å². The van der Waals surface area contributed by atoms with Gasteiger partial charge in [-0.25, -0.2) is 0 Å². The molecule has 0 spiro atoms. The van der Waals surface area contributed by atoms with Crippen molar-refractivity contribution >= 4 is 38.5 Å². The zero-order chi connectivity index (χ0) is 39.7. The molecule has 1 heterocycles. The van der Waals surface area contributed by atoms with Crippen LogP contribution in [0.15, 0.2) is 236 Å². The largest absolute Gasteiger partial charge is 0.310 e. The van der Waals surface area contributed by atoms with Crippen LogP contribution >= 0.6 is 11.3 Å². The third-order valence-electron chi connectivity index (χ3n) is 13.1. The van der Waals surface area contributed by atoms with E-state index in [0.717, 1.165) is 17.1 Å². The predicted octanol–water partition coefficient (Wildman–Crippen LogP) is 15.1. The summed E-state index contributed by atoms with van der Waals surface area (Å²) in [5.74, 6) is 0. The van der Waals surface area contributed by atoms with E-state index in [2.05, 4.69) is 241 Å². The third-order valence-corrected chi connectivity index (χ3v) is 14.0. The second-order valence-electron chi connectivity index (χ2n) is 16.0. The summed E-state index contributed by atoms with van der Waals surface area (Å²) in [5.41, 5.74) is 17.7. The Morgan fingerprint density at radius 3 is 1.12 bits per heavy atom. The molecule has 0 saturated carbocycles. The van der Waals surface area contributed by atoms with Crippen LogP contribution in [0.2, 0.25) is 0 Å². The Morgan fingerprint density at radius 1 is 0.300 bits per heavy atom. The highest BCUT2D eigenvalue weighted by molar-refractivity contribution is 7.17. The number of fused-ring (bicyclic) bond motifs is 7. The summed E-state index contributed by atoms with van der Waals surface area (Å²) in [6.07, 6.45) is 0. The van der Waals surface area contributed by atoms with Gasteiger partial charge < -0.3 is 4.90 Å². The van der Waals surface area contributed by atoms with E-state index in [0.29, 0.717) is 0 Å². The Labute approximate surface area is 355 Å². The molecule has 0 radical (unpaired) electrons. The van der Waals surface area contributed by atoms with Gasteiger partial charge in [-0.2, -0.15) is 0 Å². The summed E-state index contributed by atoms with van der Waals surface area (Å²) in [6, 6.07) is 86.0. The second-order valence-corrected chi connectivity index (χ2v) is 16.9. The van der Waals surface area contributed by atoms with Crippen LogP contribution in [-0.4, -0.2) is 0 Å². The molecule has 282 valence electrons. The highest BCUT2D eigenvalue weighted by Crippen LogP contribution is 2.59. The molecule has 60 heavy (non-hydrogen) atoms. The Bertz CT molecular complexity index is 2940. The predicted molar refractivity (Wildman–Crippen MR) is 251 cm³/mol. The van der Waals surface area contributed by atoms with E-state index in [9.17, 15) is 0 Å². The molecule has 0 unspecified atom stereocenters. The average Bonchev–Trinajstić information content (AvgIpc) is 4.00. The summed E-state index contributed by atoms with van der Waals surface area (Å²) in [4.78, 5) is 2.49. The van der Waals surface area contributed by atoms with Gasteiger partial charge in [0.15, 0.2) is 0 Å². The van der Waals surface area contributed by atoms with Gasteiger partial charge in [-0.15, -0.1) is 11.3 Å². The Hall–Kier alpha value is -7.26. The highest BCUT2D eigenvalue weighted by atomic mass is 32.1. The molecule has 12 rings (SSSR count). The maximum atomic E-state index is 2.49. The zero-order valence-electron chi connectivity index (χ0n) is 32.9. The lowest BCUT2D eigenvalue weighted by molar-refractivity contribution is 0.767. The minimum absolute atomic E-state index is 0.511. The molecule has 0 amide bonds. The molecule has 0 aliphatic heterocycles. The van der Waals surface area contributed by atoms with Crippen LogP contribution in [0.1, 0.15) is 44.5 Å². The van der Waals surface area contributed by atoms with Crippen LogP contribution in [0.3, 0.4) is 0 Å². The standard InChI is InChI=1S/C58H39NS/c1-5-17-41(18-6-1)57(42-19-7-2-8-20-42)52-27-15-13-25-48(52)50-32-29-46(38-54(50)57)59(45-31-34-56-40(37-45)35-36-60-56)47-30-33-51-49-26-14-16-28-53(49)58(55(51)39-47,43-21-9-3-10-22-43)44-23-11-4-12-24-44/h1-39H.